The fourth-order valence-electron chi connectivity index (χ4n) is 1.80. The minimum absolute atomic E-state index is 0.0102. The number of carbonyl (C=O) groups excluding carboxylic acids is 2. The molecule has 0 aromatic heterocycles. The van der Waals surface area contributed by atoms with Crippen LogP contribution in [0.5, 0.6) is 0 Å². The Morgan fingerprint density at radius 1 is 0.833 bits per heavy atom. The molecular formula is C15H9Cl2F3N2O2. The molecule has 0 saturated heterocycles. The van der Waals surface area contributed by atoms with Gasteiger partial charge < -0.3 is 10.6 Å². The van der Waals surface area contributed by atoms with Crippen molar-refractivity contribution < 1.29 is 22.8 Å². The first kappa shape index (κ1) is 18.1. The van der Waals surface area contributed by atoms with Crippen LogP contribution < -0.4 is 10.6 Å². The van der Waals surface area contributed by atoms with E-state index >= 15 is 0 Å². The molecule has 0 radical (unpaired) electrons. The summed E-state index contributed by atoms with van der Waals surface area (Å²) in [5.41, 5.74) is -1.53. The second-order valence-corrected chi connectivity index (χ2v) is 5.34. The molecule has 24 heavy (non-hydrogen) atoms. The van der Waals surface area contributed by atoms with Crippen LogP contribution in [0.3, 0.4) is 0 Å². The fourth-order valence-corrected chi connectivity index (χ4v) is 2.15. The van der Waals surface area contributed by atoms with Crippen molar-refractivity contribution in [2.45, 2.75) is 6.18 Å². The number of hydrogen-bond acceptors (Lipinski definition) is 2. The van der Waals surface area contributed by atoms with Gasteiger partial charge >= 0.3 is 18.0 Å². The van der Waals surface area contributed by atoms with Crippen LogP contribution in [0.4, 0.5) is 24.5 Å². The number of hydrogen-bond donors (Lipinski definition) is 2. The summed E-state index contributed by atoms with van der Waals surface area (Å²) < 4.78 is 38.6. The zero-order chi connectivity index (χ0) is 17.9. The lowest BCUT2D eigenvalue weighted by Crippen LogP contribution is -2.30. The van der Waals surface area contributed by atoms with Crippen LogP contribution in [-0.2, 0) is 15.8 Å². The number of alkyl halides is 3. The summed E-state index contributed by atoms with van der Waals surface area (Å²) in [4.78, 5) is 23.7. The standard InChI is InChI=1S/C15H9Cl2F3N2O2/c16-9-5-3-7-11(12(9)17)22-14(24)13(23)21-10-6-2-1-4-8(10)15(18,19)20/h1-7H,(H,21,23)(H,22,24). The Kier molecular flexibility index (Phi) is 5.36. The number of benzene rings is 2. The minimum atomic E-state index is -4.67. The molecule has 0 aliphatic heterocycles. The molecule has 2 aromatic carbocycles. The van der Waals surface area contributed by atoms with Crippen LogP contribution in [0.2, 0.25) is 10.0 Å². The number of amides is 2. The summed E-state index contributed by atoms with van der Waals surface area (Å²) in [6.45, 7) is 0. The number of halogens is 5. The van der Waals surface area contributed by atoms with Gasteiger partial charge in [-0.25, -0.2) is 0 Å². The molecule has 0 aliphatic rings. The van der Waals surface area contributed by atoms with Gasteiger partial charge in [0.2, 0.25) is 0 Å². The van der Waals surface area contributed by atoms with Gasteiger partial charge in [-0.3, -0.25) is 9.59 Å². The number of rotatable bonds is 2. The highest BCUT2D eigenvalue weighted by molar-refractivity contribution is 6.47. The van der Waals surface area contributed by atoms with Gasteiger partial charge in [-0.1, -0.05) is 41.4 Å². The molecule has 0 spiro atoms. The van der Waals surface area contributed by atoms with E-state index in [0.29, 0.717) is 0 Å². The molecular weight excluding hydrogens is 368 g/mol. The van der Waals surface area contributed by atoms with Crippen molar-refractivity contribution in [1.82, 2.24) is 0 Å². The molecule has 2 rings (SSSR count). The van der Waals surface area contributed by atoms with E-state index in [9.17, 15) is 22.8 Å². The molecule has 2 N–H and O–H groups in total. The second kappa shape index (κ2) is 7.11. The summed E-state index contributed by atoms with van der Waals surface area (Å²) in [5.74, 6) is -2.46. The Labute approximate surface area is 144 Å². The first-order valence-electron chi connectivity index (χ1n) is 6.42. The van der Waals surface area contributed by atoms with Crippen LogP contribution >= 0.6 is 23.2 Å². The number of para-hydroxylation sites is 1. The summed E-state index contributed by atoms with van der Waals surface area (Å²) in [5, 5.41) is 4.27. The molecule has 2 amide bonds. The Morgan fingerprint density at radius 3 is 2.00 bits per heavy atom. The Hall–Kier alpha value is -2.25. The van der Waals surface area contributed by atoms with E-state index in [-0.39, 0.29) is 15.7 Å². The number of nitrogens with one attached hydrogen (secondary N) is 2. The molecule has 4 nitrogen and oxygen atoms in total. The first-order chi connectivity index (χ1) is 11.2. The topological polar surface area (TPSA) is 58.2 Å². The highest BCUT2D eigenvalue weighted by Gasteiger charge is 2.34. The van der Waals surface area contributed by atoms with Crippen molar-refractivity contribution in [3.63, 3.8) is 0 Å². The molecule has 0 saturated carbocycles. The van der Waals surface area contributed by atoms with E-state index in [1.807, 2.05) is 5.32 Å². The lowest BCUT2D eigenvalue weighted by atomic mass is 10.1. The molecule has 0 atom stereocenters. The minimum Gasteiger partial charge on any atom is -0.317 e. The van der Waals surface area contributed by atoms with Gasteiger partial charge in [-0.15, -0.1) is 0 Å². The van der Waals surface area contributed by atoms with Crippen LogP contribution in [0, 0.1) is 0 Å². The van der Waals surface area contributed by atoms with Crippen molar-refractivity contribution >= 4 is 46.4 Å². The van der Waals surface area contributed by atoms with Crippen LogP contribution in [0.25, 0.3) is 0 Å². The van der Waals surface area contributed by atoms with E-state index in [0.717, 1.165) is 12.1 Å². The second-order valence-electron chi connectivity index (χ2n) is 4.55. The van der Waals surface area contributed by atoms with Crippen LogP contribution in [0.15, 0.2) is 42.5 Å². The van der Waals surface area contributed by atoms with Gasteiger partial charge in [0, 0.05) is 0 Å². The van der Waals surface area contributed by atoms with Gasteiger partial charge in [-0.05, 0) is 24.3 Å². The van der Waals surface area contributed by atoms with E-state index in [1.165, 1.54) is 30.3 Å². The summed E-state index contributed by atoms with van der Waals surface area (Å²) in [7, 11) is 0. The molecule has 126 valence electrons. The quantitative estimate of drug-likeness (QED) is 0.753. The van der Waals surface area contributed by atoms with Gasteiger partial charge in [-0.2, -0.15) is 13.2 Å². The zero-order valence-electron chi connectivity index (χ0n) is 11.7. The third kappa shape index (κ3) is 4.18. The van der Waals surface area contributed by atoms with Crippen LogP contribution in [0.1, 0.15) is 5.56 Å². The van der Waals surface area contributed by atoms with Crippen molar-refractivity contribution in [3.05, 3.63) is 58.1 Å². The lowest BCUT2D eigenvalue weighted by Gasteiger charge is -2.13. The highest BCUT2D eigenvalue weighted by Crippen LogP contribution is 2.34. The number of carbonyl (C=O) groups is 2. The number of anilines is 2. The maximum atomic E-state index is 12.9. The molecule has 0 unspecified atom stereocenters. The van der Waals surface area contributed by atoms with Gasteiger partial charge in [0.05, 0.1) is 27.0 Å². The van der Waals surface area contributed by atoms with E-state index in [4.69, 9.17) is 23.2 Å². The van der Waals surface area contributed by atoms with Crippen molar-refractivity contribution in [2.75, 3.05) is 10.6 Å². The molecule has 0 aliphatic carbocycles. The predicted octanol–water partition coefficient (Wildman–Crippen LogP) is 4.59. The summed E-state index contributed by atoms with van der Waals surface area (Å²) in [6.07, 6.45) is -4.67. The highest BCUT2D eigenvalue weighted by atomic mass is 35.5. The molecule has 0 fully saturated rings. The summed E-state index contributed by atoms with van der Waals surface area (Å²) >= 11 is 11.6. The summed E-state index contributed by atoms with van der Waals surface area (Å²) in [6, 6.07) is 8.66. The fraction of sp³-hybridized carbons (Fsp3) is 0.0667. The normalized spacial score (nSPS) is 11.0. The van der Waals surface area contributed by atoms with Crippen LogP contribution in [-0.4, -0.2) is 11.8 Å². The van der Waals surface area contributed by atoms with Gasteiger partial charge in [0.15, 0.2) is 0 Å². The maximum Gasteiger partial charge on any atom is 0.418 e. The Bertz CT molecular complexity index is 795. The van der Waals surface area contributed by atoms with E-state index < -0.39 is 29.2 Å². The molecule has 0 heterocycles. The average Bonchev–Trinajstić information content (AvgIpc) is 2.51. The Balaban J connectivity index is 2.16. The lowest BCUT2D eigenvalue weighted by molar-refractivity contribution is -0.137. The van der Waals surface area contributed by atoms with Crippen molar-refractivity contribution in [3.8, 4) is 0 Å². The van der Waals surface area contributed by atoms with E-state index in [2.05, 4.69) is 5.32 Å². The largest absolute Gasteiger partial charge is 0.418 e. The third-order valence-electron chi connectivity index (χ3n) is 2.89. The molecule has 9 heteroatoms. The molecule has 0 bridgehead atoms. The zero-order valence-corrected chi connectivity index (χ0v) is 13.3. The first-order valence-corrected chi connectivity index (χ1v) is 7.18. The third-order valence-corrected chi connectivity index (χ3v) is 3.71. The average molecular weight is 377 g/mol. The van der Waals surface area contributed by atoms with Crippen molar-refractivity contribution in [2.24, 2.45) is 0 Å². The smallest absolute Gasteiger partial charge is 0.317 e. The maximum absolute atomic E-state index is 12.9. The van der Waals surface area contributed by atoms with E-state index in [1.54, 1.807) is 0 Å². The van der Waals surface area contributed by atoms with Crippen molar-refractivity contribution in [1.29, 1.82) is 0 Å². The van der Waals surface area contributed by atoms with Gasteiger partial charge in [0.25, 0.3) is 0 Å². The SMILES string of the molecule is O=C(Nc1ccccc1C(F)(F)F)C(=O)Nc1cccc(Cl)c1Cl. The van der Waals surface area contributed by atoms with Gasteiger partial charge in [0.1, 0.15) is 0 Å². The monoisotopic (exact) mass is 376 g/mol. The molecule has 2 aromatic rings. The Morgan fingerprint density at radius 2 is 1.38 bits per heavy atom. The predicted molar refractivity (Wildman–Crippen MR) is 85.2 cm³/mol.